The molecule has 0 heterocycles. The number of ether oxygens (including phenoxy) is 1. The zero-order valence-electron chi connectivity index (χ0n) is 10.7. The first-order valence-electron chi connectivity index (χ1n) is 5.94. The summed E-state index contributed by atoms with van der Waals surface area (Å²) < 4.78 is 5.23. The average Bonchev–Trinajstić information content (AvgIpc) is 2.36. The SMILES string of the molecule is Cc1cccc(COC(=O)c2ccc(N)cc2N)c1. The van der Waals surface area contributed by atoms with E-state index in [1.807, 2.05) is 31.2 Å². The summed E-state index contributed by atoms with van der Waals surface area (Å²) in [4.78, 5) is 11.9. The van der Waals surface area contributed by atoms with Gasteiger partial charge in [-0.25, -0.2) is 4.79 Å². The van der Waals surface area contributed by atoms with E-state index >= 15 is 0 Å². The molecule has 2 aromatic carbocycles. The third kappa shape index (κ3) is 3.25. The highest BCUT2D eigenvalue weighted by Gasteiger charge is 2.11. The fourth-order valence-electron chi connectivity index (χ4n) is 1.80. The molecule has 0 saturated heterocycles. The van der Waals surface area contributed by atoms with Crippen LogP contribution >= 0.6 is 0 Å². The van der Waals surface area contributed by atoms with Gasteiger partial charge in [-0.05, 0) is 30.7 Å². The second kappa shape index (κ2) is 5.44. The van der Waals surface area contributed by atoms with E-state index in [1.54, 1.807) is 18.2 Å². The quantitative estimate of drug-likeness (QED) is 0.653. The average molecular weight is 256 g/mol. The smallest absolute Gasteiger partial charge is 0.340 e. The molecule has 0 aromatic heterocycles. The Balaban J connectivity index is 2.05. The van der Waals surface area contributed by atoms with Crippen LogP contribution in [0.5, 0.6) is 0 Å². The lowest BCUT2D eigenvalue weighted by Gasteiger charge is -2.08. The lowest BCUT2D eigenvalue weighted by Crippen LogP contribution is -2.08. The zero-order chi connectivity index (χ0) is 13.8. The van der Waals surface area contributed by atoms with Crippen LogP contribution in [0.25, 0.3) is 0 Å². The van der Waals surface area contributed by atoms with Gasteiger partial charge in [-0.15, -0.1) is 0 Å². The van der Waals surface area contributed by atoms with E-state index in [1.165, 1.54) is 0 Å². The van der Waals surface area contributed by atoms with Gasteiger partial charge < -0.3 is 16.2 Å². The lowest BCUT2D eigenvalue weighted by molar-refractivity contribution is 0.0474. The molecule has 0 atom stereocenters. The van der Waals surface area contributed by atoms with Crippen LogP contribution in [0.2, 0.25) is 0 Å². The summed E-state index contributed by atoms with van der Waals surface area (Å²) in [5.41, 5.74) is 14.6. The summed E-state index contributed by atoms with van der Waals surface area (Å²) in [6, 6.07) is 12.5. The van der Waals surface area contributed by atoms with Crippen molar-refractivity contribution < 1.29 is 9.53 Å². The molecule has 0 aliphatic heterocycles. The molecule has 0 fully saturated rings. The number of aryl methyl sites for hydroxylation is 1. The number of benzene rings is 2. The zero-order valence-corrected chi connectivity index (χ0v) is 10.7. The van der Waals surface area contributed by atoms with Crippen molar-refractivity contribution >= 4 is 17.3 Å². The molecule has 4 heteroatoms. The van der Waals surface area contributed by atoms with Crippen molar-refractivity contribution in [2.24, 2.45) is 0 Å². The molecule has 4 nitrogen and oxygen atoms in total. The minimum absolute atomic E-state index is 0.227. The Hall–Kier alpha value is -2.49. The minimum atomic E-state index is -0.445. The number of carbonyl (C=O) groups is 1. The summed E-state index contributed by atoms with van der Waals surface area (Å²) in [6.07, 6.45) is 0. The summed E-state index contributed by atoms with van der Waals surface area (Å²) in [7, 11) is 0. The van der Waals surface area contributed by atoms with Gasteiger partial charge in [0.25, 0.3) is 0 Å². The molecule has 0 spiro atoms. The van der Waals surface area contributed by atoms with Gasteiger partial charge >= 0.3 is 5.97 Å². The standard InChI is InChI=1S/C15H16N2O2/c1-10-3-2-4-11(7-10)9-19-15(18)13-6-5-12(16)8-14(13)17/h2-8H,9,16-17H2,1H3. The van der Waals surface area contributed by atoms with Crippen molar-refractivity contribution in [1.82, 2.24) is 0 Å². The fraction of sp³-hybridized carbons (Fsp3) is 0.133. The van der Waals surface area contributed by atoms with Crippen molar-refractivity contribution in [3.05, 3.63) is 59.2 Å². The molecular weight excluding hydrogens is 240 g/mol. The van der Waals surface area contributed by atoms with E-state index in [-0.39, 0.29) is 6.61 Å². The molecular formula is C15H16N2O2. The fourth-order valence-corrected chi connectivity index (χ4v) is 1.80. The monoisotopic (exact) mass is 256 g/mol. The van der Waals surface area contributed by atoms with Crippen molar-refractivity contribution in [1.29, 1.82) is 0 Å². The van der Waals surface area contributed by atoms with Gasteiger partial charge in [0.15, 0.2) is 0 Å². The van der Waals surface area contributed by atoms with E-state index in [2.05, 4.69) is 0 Å². The number of nitrogens with two attached hydrogens (primary N) is 2. The predicted octanol–water partition coefficient (Wildman–Crippen LogP) is 2.52. The van der Waals surface area contributed by atoms with Crippen LogP contribution in [0, 0.1) is 6.92 Å². The van der Waals surface area contributed by atoms with Crippen LogP contribution in [0.1, 0.15) is 21.5 Å². The van der Waals surface area contributed by atoms with Crippen molar-refractivity contribution in [2.75, 3.05) is 11.5 Å². The van der Waals surface area contributed by atoms with Crippen molar-refractivity contribution in [3.8, 4) is 0 Å². The van der Waals surface area contributed by atoms with Gasteiger partial charge in [0.05, 0.1) is 5.56 Å². The van der Waals surface area contributed by atoms with E-state index in [0.29, 0.717) is 16.9 Å². The molecule has 98 valence electrons. The van der Waals surface area contributed by atoms with Crippen LogP contribution < -0.4 is 11.5 Å². The summed E-state index contributed by atoms with van der Waals surface area (Å²) in [5, 5.41) is 0. The topological polar surface area (TPSA) is 78.3 Å². The van der Waals surface area contributed by atoms with E-state index in [0.717, 1.165) is 11.1 Å². The lowest BCUT2D eigenvalue weighted by atomic mass is 10.1. The number of carbonyl (C=O) groups excluding carboxylic acids is 1. The number of hydrogen-bond acceptors (Lipinski definition) is 4. The van der Waals surface area contributed by atoms with Crippen molar-refractivity contribution in [3.63, 3.8) is 0 Å². The maximum Gasteiger partial charge on any atom is 0.340 e. The molecule has 2 aromatic rings. The Labute approximate surface area is 112 Å². The van der Waals surface area contributed by atoms with E-state index < -0.39 is 5.97 Å². The van der Waals surface area contributed by atoms with E-state index in [4.69, 9.17) is 16.2 Å². The van der Waals surface area contributed by atoms with Crippen LogP contribution in [-0.4, -0.2) is 5.97 Å². The second-order valence-electron chi connectivity index (χ2n) is 4.41. The second-order valence-corrected chi connectivity index (χ2v) is 4.41. The largest absolute Gasteiger partial charge is 0.457 e. The molecule has 19 heavy (non-hydrogen) atoms. The Morgan fingerprint density at radius 3 is 2.63 bits per heavy atom. The summed E-state index contributed by atoms with van der Waals surface area (Å²) in [6.45, 7) is 2.22. The maximum absolute atomic E-state index is 11.9. The third-order valence-electron chi connectivity index (χ3n) is 2.75. The molecule has 0 saturated carbocycles. The molecule has 4 N–H and O–H groups in total. The number of rotatable bonds is 3. The van der Waals surface area contributed by atoms with Gasteiger partial charge in [0.1, 0.15) is 6.61 Å². The van der Waals surface area contributed by atoms with Crippen molar-refractivity contribution in [2.45, 2.75) is 13.5 Å². The third-order valence-corrected chi connectivity index (χ3v) is 2.75. The first kappa shape index (κ1) is 13.0. The maximum atomic E-state index is 11.9. The molecule has 0 aliphatic carbocycles. The highest BCUT2D eigenvalue weighted by molar-refractivity contribution is 5.95. The molecule has 2 rings (SSSR count). The van der Waals surface area contributed by atoms with Gasteiger partial charge in [0, 0.05) is 11.4 Å². The van der Waals surface area contributed by atoms with Gasteiger partial charge in [-0.1, -0.05) is 29.8 Å². The number of anilines is 2. The molecule has 0 aliphatic rings. The van der Waals surface area contributed by atoms with Crippen LogP contribution in [0.15, 0.2) is 42.5 Å². The Morgan fingerprint density at radius 1 is 1.16 bits per heavy atom. The Morgan fingerprint density at radius 2 is 1.95 bits per heavy atom. The molecule has 0 amide bonds. The summed E-state index contributed by atoms with van der Waals surface area (Å²) >= 11 is 0. The van der Waals surface area contributed by atoms with Gasteiger partial charge in [-0.2, -0.15) is 0 Å². The first-order valence-corrected chi connectivity index (χ1v) is 5.94. The molecule has 0 radical (unpaired) electrons. The number of hydrogen-bond donors (Lipinski definition) is 2. The summed E-state index contributed by atoms with van der Waals surface area (Å²) in [5.74, 6) is -0.445. The predicted molar refractivity (Wildman–Crippen MR) is 75.6 cm³/mol. The van der Waals surface area contributed by atoms with Crippen LogP contribution in [0.3, 0.4) is 0 Å². The first-order chi connectivity index (χ1) is 9.06. The normalized spacial score (nSPS) is 10.2. The Kier molecular flexibility index (Phi) is 3.71. The number of nitrogen functional groups attached to an aromatic ring is 2. The Bertz CT molecular complexity index is 609. The van der Waals surface area contributed by atoms with Gasteiger partial charge in [-0.3, -0.25) is 0 Å². The number of esters is 1. The highest BCUT2D eigenvalue weighted by atomic mass is 16.5. The molecule has 0 unspecified atom stereocenters. The van der Waals surface area contributed by atoms with Crippen LogP contribution in [0.4, 0.5) is 11.4 Å². The minimum Gasteiger partial charge on any atom is -0.457 e. The molecule has 0 bridgehead atoms. The highest BCUT2D eigenvalue weighted by Crippen LogP contribution is 2.17. The van der Waals surface area contributed by atoms with Crippen LogP contribution in [-0.2, 0) is 11.3 Å². The van der Waals surface area contributed by atoms with E-state index in [9.17, 15) is 4.79 Å². The van der Waals surface area contributed by atoms with Gasteiger partial charge in [0.2, 0.25) is 0 Å².